The van der Waals surface area contributed by atoms with Crippen molar-refractivity contribution in [2.45, 2.75) is 25.5 Å². The number of nitrogens with zero attached hydrogens (tertiary/aromatic N) is 4. The number of thioether (sulfide) groups is 1. The van der Waals surface area contributed by atoms with E-state index >= 15 is 0 Å². The Morgan fingerprint density at radius 1 is 1.03 bits per heavy atom. The van der Waals surface area contributed by atoms with Crippen molar-refractivity contribution >= 4 is 23.4 Å². The van der Waals surface area contributed by atoms with Gasteiger partial charge in [0.25, 0.3) is 0 Å². The number of para-hydroxylation sites is 1. The lowest BCUT2D eigenvalue weighted by molar-refractivity contribution is -0.116. The fraction of sp³-hybridized carbons (Fsp3) is 0.208. The maximum atomic E-state index is 12.9. The van der Waals surface area contributed by atoms with Gasteiger partial charge < -0.3 is 9.32 Å². The third-order valence-corrected chi connectivity index (χ3v) is 5.96. The first-order valence-electron chi connectivity index (χ1n) is 10.2. The van der Waals surface area contributed by atoms with E-state index in [1.165, 1.54) is 11.8 Å². The minimum absolute atomic E-state index is 0.0361. The molecule has 0 atom stereocenters. The molecule has 0 bridgehead atoms. The monoisotopic (exact) mass is 432 g/mol. The van der Waals surface area contributed by atoms with E-state index in [1.54, 1.807) is 11.2 Å². The lowest BCUT2D eigenvalue weighted by Gasteiger charge is -2.20. The van der Waals surface area contributed by atoms with E-state index in [9.17, 15) is 4.79 Å². The molecule has 0 fully saturated rings. The van der Waals surface area contributed by atoms with Gasteiger partial charge in [-0.25, -0.2) is 0 Å². The maximum Gasteiger partial charge on any atom is 0.237 e. The zero-order chi connectivity index (χ0) is 21.6. The number of hydrogen-bond donors (Lipinski definition) is 0. The number of carbonyl (C=O) groups is 1. The Bertz CT molecular complexity index is 1140. The van der Waals surface area contributed by atoms with Crippen LogP contribution in [-0.2, 0) is 11.3 Å². The van der Waals surface area contributed by atoms with Crippen LogP contribution in [0.3, 0.4) is 0 Å². The van der Waals surface area contributed by atoms with Crippen LogP contribution in [0.2, 0.25) is 0 Å². The summed E-state index contributed by atoms with van der Waals surface area (Å²) >= 11 is 1.40. The van der Waals surface area contributed by atoms with Crippen LogP contribution in [-0.4, -0.2) is 33.0 Å². The Morgan fingerprint density at radius 3 is 2.39 bits per heavy atom. The van der Waals surface area contributed by atoms with E-state index in [0.29, 0.717) is 18.2 Å². The predicted molar refractivity (Wildman–Crippen MR) is 123 cm³/mol. The van der Waals surface area contributed by atoms with E-state index in [2.05, 4.69) is 22.3 Å². The molecule has 0 aliphatic carbocycles. The van der Waals surface area contributed by atoms with E-state index in [0.717, 1.165) is 28.4 Å². The first kappa shape index (κ1) is 20.9. The number of anilines is 1. The molecule has 0 aliphatic heterocycles. The summed E-state index contributed by atoms with van der Waals surface area (Å²) in [5.41, 5.74) is 2.94. The van der Waals surface area contributed by atoms with Crippen LogP contribution in [0.1, 0.15) is 18.2 Å². The first-order chi connectivity index (χ1) is 15.2. The van der Waals surface area contributed by atoms with Crippen molar-refractivity contribution in [1.29, 1.82) is 0 Å². The number of carbonyl (C=O) groups excluding carboxylic acids is 1. The normalized spacial score (nSPS) is 10.9. The van der Waals surface area contributed by atoms with Crippen molar-refractivity contribution in [3.05, 3.63) is 84.3 Å². The molecule has 2 heterocycles. The van der Waals surface area contributed by atoms with Crippen molar-refractivity contribution in [3.63, 3.8) is 0 Å². The highest BCUT2D eigenvalue weighted by molar-refractivity contribution is 7.99. The Balaban J connectivity index is 1.58. The lowest BCUT2D eigenvalue weighted by Crippen LogP contribution is -2.32. The maximum absolute atomic E-state index is 12.9. The SMILES string of the molecule is CCN(C(=O)CSc1nnc(-c2ccoc2C)n1Cc1ccccc1)c1ccccc1. The molecule has 0 saturated heterocycles. The number of benzene rings is 2. The fourth-order valence-corrected chi connectivity index (χ4v) is 4.25. The molecule has 0 aliphatic rings. The second-order valence-corrected chi connectivity index (χ2v) is 7.97. The molecule has 4 aromatic rings. The Kier molecular flexibility index (Phi) is 6.52. The number of furan rings is 1. The van der Waals surface area contributed by atoms with Gasteiger partial charge in [0.05, 0.1) is 24.1 Å². The Hall–Kier alpha value is -3.32. The van der Waals surface area contributed by atoms with Gasteiger partial charge in [0.15, 0.2) is 11.0 Å². The summed E-state index contributed by atoms with van der Waals surface area (Å²) in [7, 11) is 0. The summed E-state index contributed by atoms with van der Waals surface area (Å²) in [5.74, 6) is 1.84. The standard InChI is InChI=1S/C24H24N4O2S/c1-3-27(20-12-8-5-9-13-20)22(29)17-31-24-26-25-23(21-14-15-30-18(21)2)28(24)16-19-10-6-4-7-11-19/h4-15H,3,16-17H2,1-2H3. The summed E-state index contributed by atoms with van der Waals surface area (Å²) in [6.07, 6.45) is 1.65. The molecule has 6 nitrogen and oxygen atoms in total. The second kappa shape index (κ2) is 9.66. The zero-order valence-corrected chi connectivity index (χ0v) is 18.4. The van der Waals surface area contributed by atoms with Crippen LogP contribution in [0.25, 0.3) is 11.4 Å². The van der Waals surface area contributed by atoms with Crippen LogP contribution < -0.4 is 4.90 Å². The van der Waals surface area contributed by atoms with Crippen molar-refractivity contribution in [2.75, 3.05) is 17.2 Å². The molecule has 7 heteroatoms. The minimum atomic E-state index is 0.0361. The summed E-state index contributed by atoms with van der Waals surface area (Å²) in [5, 5.41) is 9.53. The van der Waals surface area contributed by atoms with Gasteiger partial charge in [-0.1, -0.05) is 60.3 Å². The third kappa shape index (κ3) is 4.72. The summed E-state index contributed by atoms with van der Waals surface area (Å²) in [6.45, 7) is 5.11. The van der Waals surface area contributed by atoms with Gasteiger partial charge in [-0.15, -0.1) is 10.2 Å². The average Bonchev–Trinajstić information content (AvgIpc) is 3.40. The number of hydrogen-bond acceptors (Lipinski definition) is 5. The summed E-state index contributed by atoms with van der Waals surface area (Å²) in [4.78, 5) is 14.7. The fourth-order valence-electron chi connectivity index (χ4n) is 3.44. The van der Waals surface area contributed by atoms with Gasteiger partial charge in [0.2, 0.25) is 5.91 Å². The van der Waals surface area contributed by atoms with Crippen molar-refractivity contribution in [2.24, 2.45) is 0 Å². The third-order valence-electron chi connectivity index (χ3n) is 5.01. The topological polar surface area (TPSA) is 64.2 Å². The molecule has 31 heavy (non-hydrogen) atoms. The van der Waals surface area contributed by atoms with Gasteiger partial charge in [0, 0.05) is 12.2 Å². The highest BCUT2D eigenvalue weighted by Gasteiger charge is 2.20. The molecular formula is C24H24N4O2S. The summed E-state index contributed by atoms with van der Waals surface area (Å²) < 4.78 is 7.52. The molecule has 0 radical (unpaired) electrons. The molecule has 0 unspecified atom stereocenters. The van der Waals surface area contributed by atoms with Crippen molar-refractivity contribution < 1.29 is 9.21 Å². The van der Waals surface area contributed by atoms with Crippen LogP contribution in [0.5, 0.6) is 0 Å². The van der Waals surface area contributed by atoms with Crippen molar-refractivity contribution in [3.8, 4) is 11.4 Å². The van der Waals surface area contributed by atoms with Gasteiger partial charge >= 0.3 is 0 Å². The van der Waals surface area contributed by atoms with Crippen LogP contribution >= 0.6 is 11.8 Å². The zero-order valence-electron chi connectivity index (χ0n) is 17.6. The van der Waals surface area contributed by atoms with Crippen LogP contribution in [0, 0.1) is 6.92 Å². The van der Waals surface area contributed by atoms with Crippen LogP contribution in [0.15, 0.2) is 82.6 Å². The summed E-state index contributed by atoms with van der Waals surface area (Å²) in [6, 6.07) is 21.8. The minimum Gasteiger partial charge on any atom is -0.469 e. The molecule has 0 saturated carbocycles. The number of aryl methyl sites for hydroxylation is 1. The van der Waals surface area contributed by atoms with E-state index in [1.807, 2.05) is 73.0 Å². The van der Waals surface area contributed by atoms with Gasteiger partial charge in [-0.3, -0.25) is 9.36 Å². The Labute approximate surface area is 185 Å². The largest absolute Gasteiger partial charge is 0.469 e. The number of aromatic nitrogens is 3. The molecule has 158 valence electrons. The molecular weight excluding hydrogens is 408 g/mol. The number of amides is 1. The molecule has 0 N–H and O–H groups in total. The quantitative estimate of drug-likeness (QED) is 0.365. The Morgan fingerprint density at radius 2 is 1.74 bits per heavy atom. The molecule has 0 spiro atoms. The van der Waals surface area contributed by atoms with E-state index in [-0.39, 0.29) is 11.7 Å². The van der Waals surface area contributed by atoms with Gasteiger partial charge in [-0.2, -0.15) is 0 Å². The molecule has 2 aromatic heterocycles. The molecule has 1 amide bonds. The smallest absolute Gasteiger partial charge is 0.237 e. The first-order valence-corrected chi connectivity index (χ1v) is 11.2. The average molecular weight is 433 g/mol. The van der Waals surface area contributed by atoms with E-state index < -0.39 is 0 Å². The molecule has 4 rings (SSSR count). The van der Waals surface area contributed by atoms with Gasteiger partial charge in [0.1, 0.15) is 5.76 Å². The van der Waals surface area contributed by atoms with Crippen molar-refractivity contribution in [1.82, 2.24) is 14.8 Å². The predicted octanol–water partition coefficient (Wildman–Crippen LogP) is 5.04. The second-order valence-electron chi connectivity index (χ2n) is 7.03. The highest BCUT2D eigenvalue weighted by Crippen LogP contribution is 2.28. The van der Waals surface area contributed by atoms with E-state index in [4.69, 9.17) is 4.42 Å². The van der Waals surface area contributed by atoms with Gasteiger partial charge in [-0.05, 0) is 37.6 Å². The number of rotatable bonds is 8. The molecule has 2 aromatic carbocycles. The lowest BCUT2D eigenvalue weighted by atomic mass is 10.2. The van der Waals surface area contributed by atoms with Crippen LogP contribution in [0.4, 0.5) is 5.69 Å². The highest BCUT2D eigenvalue weighted by atomic mass is 32.2.